The number of rotatable bonds is 9. The van der Waals surface area contributed by atoms with Gasteiger partial charge >= 0.3 is 5.97 Å². The number of carbonyl (C=O) groups excluding carboxylic acids is 2. The number of aliphatic hydroxyl groups is 1. The number of aliphatic hydroxyl groups excluding tert-OH is 1. The number of hydrogen-bond acceptors (Lipinski definition) is 4. The predicted octanol–water partition coefficient (Wildman–Crippen LogP) is 2.61. The van der Waals surface area contributed by atoms with Crippen LogP contribution in [0.5, 0.6) is 0 Å². The van der Waals surface area contributed by atoms with E-state index in [1.807, 2.05) is 60.8 Å². The molecule has 6 nitrogen and oxygen atoms in total. The minimum Gasteiger partial charge on any atom is -0.465 e. The minimum atomic E-state index is -0.964. The van der Waals surface area contributed by atoms with Crippen molar-refractivity contribution in [2.24, 2.45) is 5.92 Å². The van der Waals surface area contributed by atoms with Crippen LogP contribution in [-0.4, -0.2) is 41.2 Å². The predicted molar refractivity (Wildman–Crippen MR) is 111 cm³/mol. The average Bonchev–Trinajstić information content (AvgIpc) is 3.15. The SMILES string of the molecule is CCOC(=O)C(Cc1ccccc1)C(=O)N[C@H](CO)Cc1c[nH]c2ccccc12. The summed E-state index contributed by atoms with van der Waals surface area (Å²) in [6.07, 6.45) is 2.58. The number of amides is 1. The molecule has 0 bridgehead atoms. The Bertz CT molecular complexity index is 952. The summed E-state index contributed by atoms with van der Waals surface area (Å²) < 4.78 is 5.11. The van der Waals surface area contributed by atoms with Crippen molar-refractivity contribution in [3.8, 4) is 0 Å². The number of aromatic amines is 1. The number of benzene rings is 2. The van der Waals surface area contributed by atoms with Crippen LogP contribution in [0, 0.1) is 5.92 Å². The maximum absolute atomic E-state index is 12.9. The van der Waals surface area contributed by atoms with Gasteiger partial charge in [0.05, 0.1) is 19.3 Å². The highest BCUT2D eigenvalue weighted by molar-refractivity contribution is 5.98. The molecule has 1 amide bonds. The van der Waals surface area contributed by atoms with E-state index in [0.717, 1.165) is 22.0 Å². The Labute approximate surface area is 169 Å². The molecule has 0 spiro atoms. The fourth-order valence-corrected chi connectivity index (χ4v) is 3.40. The summed E-state index contributed by atoms with van der Waals surface area (Å²) in [6.45, 7) is 1.69. The number of para-hydroxylation sites is 1. The third-order valence-corrected chi connectivity index (χ3v) is 4.88. The van der Waals surface area contributed by atoms with Crippen molar-refractivity contribution in [3.05, 3.63) is 71.9 Å². The molecule has 3 aromatic rings. The van der Waals surface area contributed by atoms with Gasteiger partial charge in [-0.1, -0.05) is 48.5 Å². The van der Waals surface area contributed by atoms with Gasteiger partial charge in [0.15, 0.2) is 0 Å². The lowest BCUT2D eigenvalue weighted by molar-refractivity contribution is -0.152. The molecule has 29 heavy (non-hydrogen) atoms. The molecule has 1 aromatic heterocycles. The highest BCUT2D eigenvalue weighted by atomic mass is 16.5. The van der Waals surface area contributed by atoms with E-state index in [9.17, 15) is 14.7 Å². The van der Waals surface area contributed by atoms with E-state index in [1.165, 1.54) is 0 Å². The van der Waals surface area contributed by atoms with Crippen LogP contribution >= 0.6 is 0 Å². The maximum atomic E-state index is 12.9. The summed E-state index contributed by atoms with van der Waals surface area (Å²) >= 11 is 0. The van der Waals surface area contributed by atoms with Gasteiger partial charge in [-0.25, -0.2) is 0 Å². The zero-order valence-corrected chi connectivity index (χ0v) is 16.4. The lowest BCUT2D eigenvalue weighted by Gasteiger charge is -2.20. The Hall–Kier alpha value is -3.12. The normalized spacial score (nSPS) is 13.0. The number of hydrogen-bond donors (Lipinski definition) is 3. The molecule has 2 aromatic carbocycles. The van der Waals surface area contributed by atoms with Gasteiger partial charge in [-0.2, -0.15) is 0 Å². The Morgan fingerprint density at radius 2 is 1.79 bits per heavy atom. The Kier molecular flexibility index (Phi) is 7.03. The topological polar surface area (TPSA) is 91.4 Å². The summed E-state index contributed by atoms with van der Waals surface area (Å²) in [4.78, 5) is 28.5. The van der Waals surface area contributed by atoms with E-state index in [1.54, 1.807) is 6.92 Å². The van der Waals surface area contributed by atoms with Gasteiger partial charge in [-0.05, 0) is 37.0 Å². The molecule has 152 valence electrons. The highest BCUT2D eigenvalue weighted by Gasteiger charge is 2.30. The lowest BCUT2D eigenvalue weighted by Crippen LogP contribution is -2.45. The lowest BCUT2D eigenvalue weighted by atomic mass is 9.97. The zero-order valence-electron chi connectivity index (χ0n) is 16.4. The first-order chi connectivity index (χ1) is 14.1. The second-order valence-corrected chi connectivity index (χ2v) is 6.95. The summed E-state index contributed by atoms with van der Waals surface area (Å²) in [6, 6.07) is 16.7. The molecular formula is C23H26N2O4. The molecule has 1 heterocycles. The Morgan fingerprint density at radius 3 is 2.52 bits per heavy atom. The fraction of sp³-hybridized carbons (Fsp3) is 0.304. The van der Waals surface area contributed by atoms with Crippen molar-refractivity contribution in [1.29, 1.82) is 0 Å². The summed E-state index contributed by atoms with van der Waals surface area (Å²) in [5.74, 6) is -1.96. The zero-order chi connectivity index (χ0) is 20.6. The molecule has 6 heteroatoms. The van der Waals surface area contributed by atoms with E-state index >= 15 is 0 Å². The van der Waals surface area contributed by atoms with E-state index in [-0.39, 0.29) is 19.6 Å². The molecule has 0 saturated heterocycles. The molecule has 0 saturated carbocycles. The summed E-state index contributed by atoms with van der Waals surface area (Å²) in [7, 11) is 0. The molecule has 3 rings (SSSR count). The Morgan fingerprint density at radius 1 is 1.07 bits per heavy atom. The molecule has 1 unspecified atom stereocenters. The molecule has 0 radical (unpaired) electrons. The van der Waals surface area contributed by atoms with Crippen molar-refractivity contribution in [1.82, 2.24) is 10.3 Å². The molecular weight excluding hydrogens is 368 g/mol. The molecule has 0 aliphatic rings. The monoisotopic (exact) mass is 394 g/mol. The third kappa shape index (κ3) is 5.23. The van der Waals surface area contributed by atoms with Crippen LogP contribution in [0.3, 0.4) is 0 Å². The standard InChI is InChI=1S/C23H26N2O4/c1-2-29-23(28)20(12-16-8-4-3-5-9-16)22(27)25-18(15-26)13-17-14-24-21-11-7-6-10-19(17)21/h3-11,14,18,20,24,26H,2,12-13,15H2,1H3,(H,25,27)/t18-,20?/m0/s1. The number of aromatic nitrogens is 1. The number of nitrogens with one attached hydrogen (secondary N) is 2. The second-order valence-electron chi connectivity index (χ2n) is 6.95. The Balaban J connectivity index is 1.73. The minimum absolute atomic E-state index is 0.205. The van der Waals surface area contributed by atoms with Crippen molar-refractivity contribution in [2.75, 3.05) is 13.2 Å². The van der Waals surface area contributed by atoms with Gasteiger partial charge in [0.2, 0.25) is 5.91 Å². The van der Waals surface area contributed by atoms with E-state index in [2.05, 4.69) is 10.3 Å². The first-order valence-corrected chi connectivity index (χ1v) is 9.79. The smallest absolute Gasteiger partial charge is 0.318 e. The van der Waals surface area contributed by atoms with Crippen LogP contribution in [0.1, 0.15) is 18.1 Å². The van der Waals surface area contributed by atoms with E-state index < -0.39 is 23.8 Å². The number of fused-ring (bicyclic) bond motifs is 1. The van der Waals surface area contributed by atoms with Crippen molar-refractivity contribution >= 4 is 22.8 Å². The second kappa shape index (κ2) is 9.89. The molecule has 0 fully saturated rings. The highest BCUT2D eigenvalue weighted by Crippen LogP contribution is 2.19. The van der Waals surface area contributed by atoms with Crippen molar-refractivity contribution in [2.45, 2.75) is 25.8 Å². The molecule has 0 aliphatic heterocycles. The first kappa shape index (κ1) is 20.6. The number of esters is 1. The summed E-state index contributed by atoms with van der Waals surface area (Å²) in [5, 5.41) is 13.7. The molecule has 3 N–H and O–H groups in total. The van der Waals surface area contributed by atoms with Crippen LogP contribution in [0.15, 0.2) is 60.8 Å². The van der Waals surface area contributed by atoms with E-state index in [4.69, 9.17) is 4.74 Å². The summed E-state index contributed by atoms with van der Waals surface area (Å²) in [5.41, 5.74) is 2.87. The average molecular weight is 394 g/mol. The van der Waals surface area contributed by atoms with Crippen molar-refractivity contribution < 1.29 is 19.4 Å². The van der Waals surface area contributed by atoms with E-state index in [0.29, 0.717) is 6.42 Å². The maximum Gasteiger partial charge on any atom is 0.318 e. The van der Waals surface area contributed by atoms with Gasteiger partial charge in [0.1, 0.15) is 5.92 Å². The van der Waals surface area contributed by atoms with Gasteiger partial charge in [-0.15, -0.1) is 0 Å². The third-order valence-electron chi connectivity index (χ3n) is 4.88. The number of ether oxygens (including phenoxy) is 1. The van der Waals surface area contributed by atoms with Gasteiger partial charge in [-0.3, -0.25) is 9.59 Å². The number of H-pyrrole nitrogens is 1. The molecule has 2 atom stereocenters. The van der Waals surface area contributed by atoms with Gasteiger partial charge in [0.25, 0.3) is 0 Å². The van der Waals surface area contributed by atoms with Crippen LogP contribution in [0.4, 0.5) is 0 Å². The quantitative estimate of drug-likeness (QED) is 0.384. The first-order valence-electron chi connectivity index (χ1n) is 9.79. The van der Waals surface area contributed by atoms with Gasteiger partial charge < -0.3 is 20.1 Å². The van der Waals surface area contributed by atoms with Crippen molar-refractivity contribution in [3.63, 3.8) is 0 Å². The van der Waals surface area contributed by atoms with Crippen LogP contribution in [-0.2, 0) is 27.2 Å². The van der Waals surface area contributed by atoms with Crippen LogP contribution < -0.4 is 5.32 Å². The largest absolute Gasteiger partial charge is 0.465 e. The van der Waals surface area contributed by atoms with Crippen LogP contribution in [0.2, 0.25) is 0 Å². The molecule has 0 aliphatic carbocycles. The van der Waals surface area contributed by atoms with Gasteiger partial charge in [0, 0.05) is 17.1 Å². The fourth-order valence-electron chi connectivity index (χ4n) is 3.40. The van der Waals surface area contributed by atoms with Crippen LogP contribution in [0.25, 0.3) is 10.9 Å². The number of carbonyl (C=O) groups is 2.